The quantitative estimate of drug-likeness (QED) is 0.130. The molecule has 4 aromatic rings. The van der Waals surface area contributed by atoms with Crippen molar-refractivity contribution in [3.63, 3.8) is 0 Å². The van der Waals surface area contributed by atoms with E-state index < -0.39 is 31.5 Å². The second-order valence-corrected chi connectivity index (χ2v) is 18.0. The van der Waals surface area contributed by atoms with Crippen LogP contribution in [-0.4, -0.2) is 60.6 Å². The molecule has 3 amide bonds. The van der Waals surface area contributed by atoms with Crippen LogP contribution >= 0.6 is 11.6 Å². The van der Waals surface area contributed by atoms with Gasteiger partial charge < -0.3 is 24.4 Å². The Balaban J connectivity index is 1.30. The van der Waals surface area contributed by atoms with Crippen molar-refractivity contribution in [2.24, 2.45) is 5.92 Å². The predicted molar refractivity (Wildman–Crippen MR) is 196 cm³/mol. The lowest BCUT2D eigenvalue weighted by Crippen LogP contribution is -2.46. The average Bonchev–Trinajstić information content (AvgIpc) is 3.52. The first kappa shape index (κ1) is 35.5. The van der Waals surface area contributed by atoms with E-state index >= 15 is 0 Å². The fourth-order valence-corrected chi connectivity index (χ4v) is 10.5. The minimum Gasteiger partial charge on any atom is -0.432 e. The molecule has 0 radical (unpaired) electrons. The Bertz CT molecular complexity index is 1840. The molecule has 0 unspecified atom stereocenters. The minimum absolute atomic E-state index is 0.0557. The highest BCUT2D eigenvalue weighted by Gasteiger charge is 2.66. The lowest BCUT2D eigenvalue weighted by molar-refractivity contribution is -0.150. The summed E-state index contributed by atoms with van der Waals surface area (Å²) in [4.78, 5) is 57.2. The maximum atomic E-state index is 14.8. The molecule has 50 heavy (non-hydrogen) atoms. The molecule has 2 aliphatic heterocycles. The maximum Gasteiger partial charge on any atom is 0.264 e. The number of amides is 3. The SMILES string of the molecule is C[C@@H]1[C@@H]([Si](C)(C)O)[C@H](CC(=O)N(CCO)Cc2ccccc2)O[C@@]12C(=O)N(Cc1ccc(N(C=O)c3ccccc3)cc1)c1ccc(Cl)cc12. The minimum atomic E-state index is -3.03. The summed E-state index contributed by atoms with van der Waals surface area (Å²) in [5.41, 5.74) is 2.54. The standard InChI is InChI=1S/C39H42ClN3O6Si/c1-27-37(50(2,3)48)35(23-36(46)41(20-21-44)24-28-10-6-4-7-11-28)49-39(27)33-22-30(40)16-19-34(33)42(38(39)47)25-29-14-17-32(18-15-29)43(26-45)31-12-8-5-9-13-31/h4-19,22,26-27,35,37,44,48H,20-21,23-25H2,1-3H3/t27-,35+,37-,39+/m1/s1. The summed E-state index contributed by atoms with van der Waals surface area (Å²) >= 11 is 6.56. The molecule has 2 aliphatic rings. The van der Waals surface area contributed by atoms with Crippen molar-refractivity contribution in [3.05, 3.63) is 125 Å². The summed E-state index contributed by atoms with van der Waals surface area (Å²) in [7, 11) is -3.03. The van der Waals surface area contributed by atoms with Gasteiger partial charge in [0.2, 0.25) is 12.3 Å². The lowest BCUT2D eigenvalue weighted by Gasteiger charge is -2.32. The third-order valence-electron chi connectivity index (χ3n) is 9.96. The number of ether oxygens (including phenoxy) is 1. The van der Waals surface area contributed by atoms with Gasteiger partial charge in [0.05, 0.1) is 31.4 Å². The highest BCUT2D eigenvalue weighted by Crippen LogP contribution is 2.60. The molecule has 2 N–H and O–H groups in total. The Morgan fingerprint density at radius 3 is 2.22 bits per heavy atom. The predicted octanol–water partition coefficient (Wildman–Crippen LogP) is 6.39. The zero-order valence-electron chi connectivity index (χ0n) is 28.4. The Morgan fingerprint density at radius 1 is 0.960 bits per heavy atom. The summed E-state index contributed by atoms with van der Waals surface area (Å²) in [5, 5.41) is 10.2. The maximum absolute atomic E-state index is 14.8. The van der Waals surface area contributed by atoms with Crippen LogP contribution in [0.5, 0.6) is 0 Å². The number of aliphatic hydroxyl groups excluding tert-OH is 1. The van der Waals surface area contributed by atoms with Crippen LogP contribution in [0.1, 0.15) is 30.0 Å². The number of benzene rings is 4. The van der Waals surface area contributed by atoms with Gasteiger partial charge in [-0.05, 0) is 66.7 Å². The van der Waals surface area contributed by atoms with Gasteiger partial charge in [-0.15, -0.1) is 0 Å². The summed E-state index contributed by atoms with van der Waals surface area (Å²) in [6.07, 6.45) is -0.0335. The van der Waals surface area contributed by atoms with Crippen molar-refractivity contribution >= 4 is 55.2 Å². The molecule has 260 valence electrons. The van der Waals surface area contributed by atoms with Gasteiger partial charge in [-0.3, -0.25) is 19.3 Å². The zero-order valence-corrected chi connectivity index (χ0v) is 30.2. The van der Waals surface area contributed by atoms with E-state index in [1.165, 1.54) is 0 Å². The number of para-hydroxylation sites is 1. The number of halogens is 1. The molecule has 0 saturated carbocycles. The van der Waals surface area contributed by atoms with Crippen LogP contribution < -0.4 is 9.80 Å². The molecule has 9 nitrogen and oxygen atoms in total. The molecule has 4 aromatic carbocycles. The van der Waals surface area contributed by atoms with Crippen molar-refractivity contribution in [2.45, 2.75) is 56.8 Å². The normalized spacial score (nSPS) is 21.4. The van der Waals surface area contributed by atoms with Gasteiger partial charge in [0.15, 0.2) is 13.9 Å². The number of hydrogen-bond donors (Lipinski definition) is 2. The van der Waals surface area contributed by atoms with Crippen LogP contribution in [0.2, 0.25) is 23.7 Å². The lowest BCUT2D eigenvalue weighted by atomic mass is 9.82. The molecule has 11 heteroatoms. The molecule has 4 atom stereocenters. The van der Waals surface area contributed by atoms with Crippen molar-refractivity contribution in [1.82, 2.24) is 4.90 Å². The van der Waals surface area contributed by atoms with Gasteiger partial charge >= 0.3 is 0 Å². The number of carbonyl (C=O) groups is 3. The van der Waals surface area contributed by atoms with E-state index in [-0.39, 0.29) is 37.9 Å². The van der Waals surface area contributed by atoms with Crippen LogP contribution in [0.25, 0.3) is 0 Å². The Hall–Kier alpha value is -4.32. The van der Waals surface area contributed by atoms with E-state index in [0.29, 0.717) is 28.5 Å². The third-order valence-corrected chi connectivity index (χ3v) is 12.7. The first-order chi connectivity index (χ1) is 24.0. The summed E-state index contributed by atoms with van der Waals surface area (Å²) in [6.45, 7) is 6.05. The highest BCUT2D eigenvalue weighted by molar-refractivity contribution is 6.71. The number of rotatable bonds is 12. The number of fused-ring (bicyclic) bond motifs is 2. The van der Waals surface area contributed by atoms with Crippen LogP contribution in [0.4, 0.5) is 17.1 Å². The molecule has 0 aliphatic carbocycles. The van der Waals surface area contributed by atoms with Crippen molar-refractivity contribution in [3.8, 4) is 0 Å². The smallest absolute Gasteiger partial charge is 0.264 e. The van der Waals surface area contributed by atoms with Gasteiger partial charge in [0.1, 0.15) is 0 Å². The first-order valence-corrected chi connectivity index (χ1v) is 20.2. The largest absolute Gasteiger partial charge is 0.432 e. The highest BCUT2D eigenvalue weighted by atomic mass is 35.5. The molecule has 2 heterocycles. The third kappa shape index (κ3) is 6.74. The fraction of sp³-hybridized carbons (Fsp3) is 0.308. The second-order valence-electron chi connectivity index (χ2n) is 13.6. The molecule has 6 rings (SSSR count). The summed E-state index contributed by atoms with van der Waals surface area (Å²) in [6, 6.07) is 31.7. The van der Waals surface area contributed by atoms with Crippen molar-refractivity contribution in [1.29, 1.82) is 0 Å². The molecular weight excluding hydrogens is 670 g/mol. The summed E-state index contributed by atoms with van der Waals surface area (Å²) in [5.74, 6) is -0.981. The number of anilines is 3. The van der Waals surface area contributed by atoms with Gasteiger partial charge in [-0.1, -0.05) is 79.2 Å². The van der Waals surface area contributed by atoms with Crippen molar-refractivity contribution < 1.29 is 29.0 Å². The molecule has 0 aromatic heterocycles. The van der Waals surface area contributed by atoms with Gasteiger partial charge in [-0.25, -0.2) is 0 Å². The zero-order chi connectivity index (χ0) is 35.6. The van der Waals surface area contributed by atoms with Crippen molar-refractivity contribution in [2.75, 3.05) is 23.0 Å². The number of aliphatic hydroxyl groups is 1. The van der Waals surface area contributed by atoms with Crippen LogP contribution in [0, 0.1) is 5.92 Å². The summed E-state index contributed by atoms with van der Waals surface area (Å²) < 4.78 is 6.86. The van der Waals surface area contributed by atoms with Crippen LogP contribution in [0.15, 0.2) is 103 Å². The van der Waals surface area contributed by atoms with Gasteiger partial charge in [0, 0.05) is 46.5 Å². The number of nitrogens with zero attached hydrogens (tertiary/aromatic N) is 3. The van der Waals surface area contributed by atoms with E-state index in [9.17, 15) is 24.3 Å². The monoisotopic (exact) mass is 711 g/mol. The van der Waals surface area contributed by atoms with Gasteiger partial charge in [0.25, 0.3) is 5.91 Å². The fourth-order valence-electron chi connectivity index (χ4n) is 7.73. The van der Waals surface area contributed by atoms with Gasteiger partial charge in [-0.2, -0.15) is 0 Å². The van der Waals surface area contributed by atoms with E-state index in [1.54, 1.807) is 26.8 Å². The second kappa shape index (κ2) is 14.5. The Kier molecular flexibility index (Phi) is 10.3. The number of hydrogen-bond acceptors (Lipinski definition) is 6. The Morgan fingerprint density at radius 2 is 1.60 bits per heavy atom. The first-order valence-electron chi connectivity index (χ1n) is 16.8. The molecule has 0 bridgehead atoms. The average molecular weight is 712 g/mol. The Labute approximate surface area is 298 Å². The van der Waals surface area contributed by atoms with E-state index in [2.05, 4.69) is 0 Å². The van der Waals surface area contributed by atoms with E-state index in [4.69, 9.17) is 16.3 Å². The van der Waals surface area contributed by atoms with Crippen LogP contribution in [-0.2, 0) is 37.8 Å². The molecule has 1 saturated heterocycles. The van der Waals surface area contributed by atoms with Crippen LogP contribution in [0.3, 0.4) is 0 Å². The number of carbonyl (C=O) groups excluding carboxylic acids is 3. The molecule has 1 fully saturated rings. The molecular formula is C39H42ClN3O6Si. The van der Waals surface area contributed by atoms with E-state index in [0.717, 1.165) is 23.2 Å². The molecule has 1 spiro atoms. The van der Waals surface area contributed by atoms with E-state index in [1.807, 2.05) is 111 Å². The topological polar surface area (TPSA) is 111 Å².